The summed E-state index contributed by atoms with van der Waals surface area (Å²) in [5, 5.41) is 38.0. The number of carbonyl (C=O) groups excluding carboxylic acids is 4. The van der Waals surface area contributed by atoms with Crippen LogP contribution in [0.2, 0.25) is 0 Å². The number of urea groups is 2. The van der Waals surface area contributed by atoms with Crippen molar-refractivity contribution < 1.29 is 29.4 Å². The van der Waals surface area contributed by atoms with Gasteiger partial charge in [-0.25, -0.2) is 14.6 Å². The third-order valence-corrected chi connectivity index (χ3v) is 10.3. The molecular weight excluding hydrogens is 745 g/mol. The minimum atomic E-state index is -1.59. The molecule has 0 saturated carbocycles. The number of aromatic nitrogens is 2. The van der Waals surface area contributed by atoms with Crippen molar-refractivity contribution in [2.24, 2.45) is 11.8 Å². The quantitative estimate of drug-likeness (QED) is 0.0827. The van der Waals surface area contributed by atoms with Crippen molar-refractivity contribution in [1.29, 1.82) is 0 Å². The first-order valence-corrected chi connectivity index (χ1v) is 20.0. The first-order chi connectivity index (χ1) is 27.2. The van der Waals surface area contributed by atoms with Crippen molar-refractivity contribution in [3.63, 3.8) is 0 Å². The number of benzene rings is 2. The van der Waals surface area contributed by atoms with E-state index in [1.165, 1.54) is 21.1 Å². The van der Waals surface area contributed by atoms with Crippen molar-refractivity contribution >= 4 is 35.2 Å². The van der Waals surface area contributed by atoms with Gasteiger partial charge < -0.3 is 41.3 Å². The number of carbonyl (C=O) groups is 4. The second-order valence-corrected chi connectivity index (χ2v) is 15.9. The van der Waals surface area contributed by atoms with Gasteiger partial charge in [0, 0.05) is 31.9 Å². The van der Waals surface area contributed by atoms with Crippen LogP contribution in [-0.2, 0) is 35.5 Å². The molecule has 6 N–H and O–H groups in total. The highest BCUT2D eigenvalue weighted by molar-refractivity contribution is 7.09. The van der Waals surface area contributed by atoms with Crippen LogP contribution in [0.15, 0.2) is 96.6 Å². The van der Waals surface area contributed by atoms with E-state index in [1.807, 2.05) is 72.1 Å². The Hall–Kier alpha value is -5.38. The zero-order chi connectivity index (χ0) is 41.5. The van der Waals surface area contributed by atoms with Gasteiger partial charge in [0.2, 0.25) is 11.8 Å². The number of aliphatic hydroxyl groups excluding tert-OH is 2. The minimum absolute atomic E-state index is 0.130. The largest absolute Gasteiger partial charge is 0.388 e. The average Bonchev–Trinajstić information content (AvgIpc) is 3.71. The zero-order valence-electron chi connectivity index (χ0n) is 33.4. The SMILES string of the molecule is CC(C)[C@H](NC(=O)N(C)Cc1ccccn1)C(=O)N[C@@H](Cc1ccccc1)[C@H](O)[C@@H](O)[C@H](Cc1ccccc1)NC(=O)[C@H](NC(=O)N(C)Cc1nccs1)C(C)C. The van der Waals surface area contributed by atoms with Crippen LogP contribution >= 0.6 is 11.3 Å². The lowest BCUT2D eigenvalue weighted by Gasteiger charge is -2.35. The molecule has 4 aromatic rings. The molecule has 0 aliphatic heterocycles. The number of aliphatic hydroxyl groups is 2. The summed E-state index contributed by atoms with van der Waals surface area (Å²) in [4.78, 5) is 65.9. The van der Waals surface area contributed by atoms with E-state index in [1.54, 1.807) is 66.3 Å². The van der Waals surface area contributed by atoms with E-state index >= 15 is 0 Å². The number of thiazole rings is 1. The first-order valence-electron chi connectivity index (χ1n) is 19.1. The Morgan fingerprint density at radius 1 is 0.614 bits per heavy atom. The number of hydrogen-bond donors (Lipinski definition) is 6. The Morgan fingerprint density at radius 3 is 1.47 bits per heavy atom. The average molecular weight is 801 g/mol. The number of amides is 6. The van der Waals surface area contributed by atoms with Crippen molar-refractivity contribution in [1.82, 2.24) is 41.0 Å². The first kappa shape index (κ1) is 44.3. The zero-order valence-corrected chi connectivity index (χ0v) is 34.2. The Bertz CT molecular complexity index is 1830. The summed E-state index contributed by atoms with van der Waals surface area (Å²) in [6.07, 6.45) is 0.382. The van der Waals surface area contributed by atoms with E-state index in [4.69, 9.17) is 0 Å². The van der Waals surface area contributed by atoms with E-state index < -0.39 is 60.3 Å². The number of pyridine rings is 1. The Balaban J connectivity index is 1.56. The highest BCUT2D eigenvalue weighted by Gasteiger charge is 2.38. The van der Waals surface area contributed by atoms with E-state index in [9.17, 15) is 29.4 Å². The third kappa shape index (κ3) is 13.7. The molecule has 0 radical (unpaired) electrons. The second-order valence-electron chi connectivity index (χ2n) is 14.9. The topological polar surface area (TPSA) is 189 Å². The Labute approximate surface area is 339 Å². The maximum Gasteiger partial charge on any atom is 0.318 e. The van der Waals surface area contributed by atoms with Gasteiger partial charge in [0.05, 0.1) is 30.9 Å². The fraction of sp³-hybridized carbons (Fsp3) is 0.429. The minimum Gasteiger partial charge on any atom is -0.388 e. The van der Waals surface area contributed by atoms with Gasteiger partial charge in [-0.1, -0.05) is 94.4 Å². The van der Waals surface area contributed by atoms with Crippen LogP contribution in [0.5, 0.6) is 0 Å². The number of nitrogens with zero attached hydrogens (tertiary/aromatic N) is 4. The number of hydrogen-bond acceptors (Lipinski definition) is 9. The summed E-state index contributed by atoms with van der Waals surface area (Å²) < 4.78 is 0. The van der Waals surface area contributed by atoms with Crippen LogP contribution < -0.4 is 21.3 Å². The highest BCUT2D eigenvalue weighted by Crippen LogP contribution is 2.17. The normalized spacial score (nSPS) is 14.4. The Morgan fingerprint density at radius 2 is 1.07 bits per heavy atom. The fourth-order valence-electron chi connectivity index (χ4n) is 6.24. The molecule has 0 bridgehead atoms. The van der Waals surface area contributed by atoms with Crippen LogP contribution in [0.25, 0.3) is 0 Å². The summed E-state index contributed by atoms with van der Waals surface area (Å²) in [5.74, 6) is -1.78. The van der Waals surface area contributed by atoms with Crippen LogP contribution in [0, 0.1) is 11.8 Å². The van der Waals surface area contributed by atoms with Crippen LogP contribution in [0.3, 0.4) is 0 Å². The maximum absolute atomic E-state index is 14.0. The predicted octanol–water partition coefficient (Wildman–Crippen LogP) is 3.75. The molecule has 0 aliphatic carbocycles. The van der Waals surface area contributed by atoms with Gasteiger partial charge >= 0.3 is 12.1 Å². The molecule has 0 spiro atoms. The lowest BCUT2D eigenvalue weighted by Crippen LogP contribution is -2.62. The summed E-state index contributed by atoms with van der Waals surface area (Å²) >= 11 is 1.42. The van der Waals surface area contributed by atoms with Gasteiger partial charge in [-0.3, -0.25) is 14.6 Å². The van der Waals surface area contributed by atoms with Gasteiger partial charge in [0.1, 0.15) is 29.3 Å². The molecule has 0 fully saturated rings. The fourth-order valence-corrected chi connectivity index (χ4v) is 6.91. The van der Waals surface area contributed by atoms with Crippen molar-refractivity contribution in [3.05, 3.63) is 118 Å². The summed E-state index contributed by atoms with van der Waals surface area (Å²) in [7, 11) is 3.22. The maximum atomic E-state index is 14.0. The van der Waals surface area contributed by atoms with E-state index in [0.29, 0.717) is 5.69 Å². The molecule has 15 heteroatoms. The molecule has 57 heavy (non-hydrogen) atoms. The summed E-state index contributed by atoms with van der Waals surface area (Å²) in [5.41, 5.74) is 2.24. The monoisotopic (exact) mass is 800 g/mol. The van der Waals surface area contributed by atoms with Gasteiger partial charge in [0.25, 0.3) is 0 Å². The van der Waals surface area contributed by atoms with Gasteiger partial charge in [-0.15, -0.1) is 11.3 Å². The lowest BCUT2D eigenvalue weighted by molar-refractivity contribution is -0.129. The molecular formula is C42H56N8O6S. The Kier molecular flexibility index (Phi) is 17.0. The summed E-state index contributed by atoms with van der Waals surface area (Å²) in [6.45, 7) is 7.68. The molecule has 0 saturated heterocycles. The van der Waals surface area contributed by atoms with Crippen molar-refractivity contribution in [3.8, 4) is 0 Å². The molecule has 0 aliphatic rings. The van der Waals surface area contributed by atoms with E-state index in [-0.39, 0.29) is 37.8 Å². The van der Waals surface area contributed by atoms with E-state index in [2.05, 4.69) is 31.2 Å². The third-order valence-electron chi connectivity index (χ3n) is 9.56. The van der Waals surface area contributed by atoms with Gasteiger partial charge in [-0.05, 0) is 47.9 Å². The van der Waals surface area contributed by atoms with Gasteiger partial charge in [0.15, 0.2) is 0 Å². The highest BCUT2D eigenvalue weighted by atomic mass is 32.1. The van der Waals surface area contributed by atoms with Crippen molar-refractivity contribution in [2.75, 3.05) is 14.1 Å². The van der Waals surface area contributed by atoms with Crippen molar-refractivity contribution in [2.45, 2.75) is 90.0 Å². The molecule has 306 valence electrons. The number of rotatable bonds is 19. The second kappa shape index (κ2) is 21.8. The molecule has 2 aromatic carbocycles. The standard InChI is InChI=1S/C42H56N8O6S/c1-27(2)35(47-41(55)49(5)25-31-19-13-14-20-43-31)39(53)45-32(23-29-15-9-7-10-16-29)37(51)38(52)33(24-30-17-11-8-12-18-30)46-40(54)36(28(3)4)48-42(56)50(6)26-34-44-21-22-57-34/h7-22,27-28,32-33,35-38,51-52H,23-26H2,1-6H3,(H,45,53)(H,46,54)(H,47,55)(H,48,56)/t32-,33-,35-,36+,37-,38-/m0/s1. The predicted molar refractivity (Wildman–Crippen MR) is 220 cm³/mol. The smallest absolute Gasteiger partial charge is 0.318 e. The molecule has 0 unspecified atom stereocenters. The summed E-state index contributed by atoms with van der Waals surface area (Å²) in [6, 6.07) is 18.8. The van der Waals surface area contributed by atoms with Crippen LogP contribution in [0.1, 0.15) is 49.5 Å². The van der Waals surface area contributed by atoms with Crippen LogP contribution in [-0.4, -0.2) is 104 Å². The van der Waals surface area contributed by atoms with E-state index in [0.717, 1.165) is 16.1 Å². The molecule has 6 atom stereocenters. The molecule has 2 heterocycles. The molecule has 2 aromatic heterocycles. The molecule has 6 amide bonds. The van der Waals surface area contributed by atoms with Gasteiger partial charge in [-0.2, -0.15) is 0 Å². The molecule has 4 rings (SSSR count). The number of nitrogens with one attached hydrogen (secondary N) is 4. The van der Waals surface area contributed by atoms with Crippen LogP contribution in [0.4, 0.5) is 9.59 Å². The lowest BCUT2D eigenvalue weighted by atomic mass is 9.90. The molecule has 14 nitrogen and oxygen atoms in total.